The van der Waals surface area contributed by atoms with Crippen LogP contribution < -0.4 is 10.5 Å². The van der Waals surface area contributed by atoms with Gasteiger partial charge in [-0.25, -0.2) is 9.97 Å². The molecular weight excluding hydrogens is 214 g/mol. The number of nitrogens with two attached hydrogens (primary N) is 1. The molecule has 88 valence electrons. The number of ether oxygens (including phenoxy) is 1. The molecule has 1 aromatic heterocycles. The molecule has 0 aliphatic heterocycles. The van der Waals surface area contributed by atoms with Crippen molar-refractivity contribution in [2.24, 2.45) is 0 Å². The monoisotopic (exact) mass is 229 g/mol. The van der Waals surface area contributed by atoms with Crippen LogP contribution in [0.4, 0.5) is 5.82 Å². The van der Waals surface area contributed by atoms with Gasteiger partial charge in [0.2, 0.25) is 0 Å². The molecule has 4 nitrogen and oxygen atoms in total. The van der Waals surface area contributed by atoms with Gasteiger partial charge in [0.1, 0.15) is 17.4 Å². The SMILES string of the molecule is COc1cccc(Cc2ncc(C)c(N)n2)c1. The van der Waals surface area contributed by atoms with Crippen molar-refractivity contribution in [3.63, 3.8) is 0 Å². The minimum Gasteiger partial charge on any atom is -0.497 e. The minimum atomic E-state index is 0.540. The van der Waals surface area contributed by atoms with E-state index in [4.69, 9.17) is 10.5 Å². The molecule has 1 heterocycles. The fourth-order valence-corrected chi connectivity index (χ4v) is 1.54. The summed E-state index contributed by atoms with van der Waals surface area (Å²) in [7, 11) is 1.65. The fourth-order valence-electron chi connectivity index (χ4n) is 1.54. The Morgan fingerprint density at radius 3 is 2.88 bits per heavy atom. The topological polar surface area (TPSA) is 61.0 Å². The van der Waals surface area contributed by atoms with Gasteiger partial charge in [-0.3, -0.25) is 0 Å². The molecule has 2 aromatic rings. The van der Waals surface area contributed by atoms with Crippen molar-refractivity contribution in [1.82, 2.24) is 9.97 Å². The zero-order chi connectivity index (χ0) is 12.3. The first-order chi connectivity index (χ1) is 8.19. The second-order valence-electron chi connectivity index (χ2n) is 3.88. The predicted octanol–water partition coefficient (Wildman–Crippen LogP) is 1.97. The highest BCUT2D eigenvalue weighted by atomic mass is 16.5. The smallest absolute Gasteiger partial charge is 0.135 e. The molecule has 0 atom stereocenters. The van der Waals surface area contributed by atoms with E-state index in [9.17, 15) is 0 Å². The average molecular weight is 229 g/mol. The lowest BCUT2D eigenvalue weighted by atomic mass is 10.1. The number of aromatic nitrogens is 2. The fraction of sp³-hybridized carbons (Fsp3) is 0.231. The molecule has 2 rings (SSSR count). The Bertz CT molecular complexity index is 526. The Hall–Kier alpha value is -2.10. The molecule has 0 aliphatic carbocycles. The van der Waals surface area contributed by atoms with Crippen LogP contribution in [0.25, 0.3) is 0 Å². The maximum Gasteiger partial charge on any atom is 0.135 e. The summed E-state index contributed by atoms with van der Waals surface area (Å²) in [5.74, 6) is 2.10. The lowest BCUT2D eigenvalue weighted by Gasteiger charge is -2.05. The van der Waals surface area contributed by atoms with Crippen LogP contribution in [-0.2, 0) is 6.42 Å². The van der Waals surface area contributed by atoms with Gasteiger partial charge in [-0.15, -0.1) is 0 Å². The van der Waals surface area contributed by atoms with E-state index in [1.807, 2.05) is 31.2 Å². The Kier molecular flexibility index (Phi) is 3.23. The first-order valence-electron chi connectivity index (χ1n) is 5.40. The number of methoxy groups -OCH3 is 1. The standard InChI is InChI=1S/C13H15N3O/c1-9-8-15-12(16-13(9)14)7-10-4-3-5-11(6-10)17-2/h3-6,8H,7H2,1-2H3,(H2,14,15,16). The third-order valence-electron chi connectivity index (χ3n) is 2.56. The highest BCUT2D eigenvalue weighted by molar-refractivity contribution is 5.37. The molecule has 0 bridgehead atoms. The van der Waals surface area contributed by atoms with E-state index < -0.39 is 0 Å². The molecule has 2 N–H and O–H groups in total. The van der Waals surface area contributed by atoms with Gasteiger partial charge in [0.15, 0.2) is 0 Å². The van der Waals surface area contributed by atoms with E-state index in [1.165, 1.54) is 0 Å². The summed E-state index contributed by atoms with van der Waals surface area (Å²) < 4.78 is 5.17. The predicted molar refractivity (Wildman–Crippen MR) is 67.0 cm³/mol. The highest BCUT2D eigenvalue weighted by Gasteiger charge is 2.03. The van der Waals surface area contributed by atoms with Crippen LogP contribution in [-0.4, -0.2) is 17.1 Å². The minimum absolute atomic E-state index is 0.540. The van der Waals surface area contributed by atoms with Gasteiger partial charge in [-0.05, 0) is 24.6 Å². The summed E-state index contributed by atoms with van der Waals surface area (Å²) in [4.78, 5) is 8.51. The second-order valence-corrected chi connectivity index (χ2v) is 3.88. The summed E-state index contributed by atoms with van der Waals surface area (Å²) in [6, 6.07) is 7.85. The zero-order valence-electron chi connectivity index (χ0n) is 9.97. The molecule has 0 saturated carbocycles. The normalized spacial score (nSPS) is 10.2. The van der Waals surface area contributed by atoms with Gasteiger partial charge < -0.3 is 10.5 Å². The van der Waals surface area contributed by atoms with Crippen molar-refractivity contribution >= 4 is 5.82 Å². The molecule has 0 saturated heterocycles. The van der Waals surface area contributed by atoms with Gasteiger partial charge in [0, 0.05) is 18.2 Å². The Labute approximate surface area is 100 Å². The number of nitrogen functional groups attached to an aromatic ring is 1. The largest absolute Gasteiger partial charge is 0.497 e. The maximum atomic E-state index is 5.75. The van der Waals surface area contributed by atoms with Crippen molar-refractivity contribution in [3.8, 4) is 5.75 Å². The summed E-state index contributed by atoms with van der Waals surface area (Å²) in [5.41, 5.74) is 7.76. The molecule has 0 amide bonds. The Morgan fingerprint density at radius 1 is 1.35 bits per heavy atom. The number of rotatable bonds is 3. The lowest BCUT2D eigenvalue weighted by molar-refractivity contribution is 0.414. The quantitative estimate of drug-likeness (QED) is 0.874. The summed E-state index contributed by atoms with van der Waals surface area (Å²) >= 11 is 0. The molecule has 4 heteroatoms. The number of hydrogen-bond donors (Lipinski definition) is 1. The van der Waals surface area contributed by atoms with Crippen LogP contribution in [0.3, 0.4) is 0 Å². The van der Waals surface area contributed by atoms with E-state index in [0.29, 0.717) is 12.2 Å². The van der Waals surface area contributed by atoms with E-state index in [0.717, 1.165) is 22.7 Å². The number of anilines is 1. The Balaban J connectivity index is 2.22. The third-order valence-corrected chi connectivity index (χ3v) is 2.56. The highest BCUT2D eigenvalue weighted by Crippen LogP contribution is 2.15. The van der Waals surface area contributed by atoms with Crippen LogP contribution >= 0.6 is 0 Å². The summed E-state index contributed by atoms with van der Waals surface area (Å²) in [5, 5.41) is 0. The molecule has 0 radical (unpaired) electrons. The van der Waals surface area contributed by atoms with Gasteiger partial charge >= 0.3 is 0 Å². The summed E-state index contributed by atoms with van der Waals surface area (Å²) in [6.45, 7) is 1.89. The van der Waals surface area contributed by atoms with Crippen LogP contribution in [0.2, 0.25) is 0 Å². The van der Waals surface area contributed by atoms with Crippen LogP contribution in [0.1, 0.15) is 17.0 Å². The number of aryl methyl sites for hydroxylation is 1. The number of hydrogen-bond acceptors (Lipinski definition) is 4. The van der Waals surface area contributed by atoms with Gasteiger partial charge in [-0.2, -0.15) is 0 Å². The Morgan fingerprint density at radius 2 is 2.18 bits per heavy atom. The molecule has 17 heavy (non-hydrogen) atoms. The van der Waals surface area contributed by atoms with Gasteiger partial charge in [-0.1, -0.05) is 12.1 Å². The molecule has 0 unspecified atom stereocenters. The molecule has 0 fully saturated rings. The van der Waals surface area contributed by atoms with E-state index in [2.05, 4.69) is 9.97 Å². The van der Waals surface area contributed by atoms with Crippen molar-refractivity contribution in [2.45, 2.75) is 13.3 Å². The maximum absolute atomic E-state index is 5.75. The van der Waals surface area contributed by atoms with Crippen molar-refractivity contribution in [1.29, 1.82) is 0 Å². The van der Waals surface area contributed by atoms with Gasteiger partial charge in [0.25, 0.3) is 0 Å². The summed E-state index contributed by atoms with van der Waals surface area (Å²) in [6.07, 6.45) is 2.40. The van der Waals surface area contributed by atoms with Crippen LogP contribution in [0.5, 0.6) is 5.75 Å². The van der Waals surface area contributed by atoms with Crippen molar-refractivity contribution in [2.75, 3.05) is 12.8 Å². The van der Waals surface area contributed by atoms with Crippen molar-refractivity contribution in [3.05, 3.63) is 47.4 Å². The molecular formula is C13H15N3O. The average Bonchev–Trinajstić information content (AvgIpc) is 2.34. The zero-order valence-corrected chi connectivity index (χ0v) is 9.97. The van der Waals surface area contributed by atoms with Gasteiger partial charge in [0.05, 0.1) is 7.11 Å². The van der Waals surface area contributed by atoms with Crippen LogP contribution in [0, 0.1) is 6.92 Å². The third kappa shape index (κ3) is 2.72. The molecule has 0 spiro atoms. The van der Waals surface area contributed by atoms with E-state index >= 15 is 0 Å². The van der Waals surface area contributed by atoms with E-state index in [1.54, 1.807) is 13.3 Å². The number of nitrogens with zero attached hydrogens (tertiary/aromatic N) is 2. The van der Waals surface area contributed by atoms with Crippen LogP contribution in [0.15, 0.2) is 30.5 Å². The van der Waals surface area contributed by atoms with E-state index in [-0.39, 0.29) is 0 Å². The second kappa shape index (κ2) is 4.82. The molecule has 1 aromatic carbocycles. The first kappa shape index (κ1) is 11.4. The first-order valence-corrected chi connectivity index (χ1v) is 5.40. The molecule has 0 aliphatic rings. The lowest BCUT2D eigenvalue weighted by Crippen LogP contribution is -2.02. The number of benzene rings is 1. The van der Waals surface area contributed by atoms with Crippen molar-refractivity contribution < 1.29 is 4.74 Å².